The fourth-order valence-electron chi connectivity index (χ4n) is 2.21. The lowest BCUT2D eigenvalue weighted by molar-refractivity contribution is -0.115. The van der Waals surface area contributed by atoms with Crippen LogP contribution in [0.2, 0.25) is 5.02 Å². The zero-order chi connectivity index (χ0) is 15.2. The monoisotopic (exact) mass is 322 g/mol. The van der Waals surface area contributed by atoms with Gasteiger partial charge in [-0.1, -0.05) is 36.7 Å². The standard InChI is InChI=1S/C16H19ClN2OS/c1-12-8-10-19(11-9-12)16(21)18-15(20)7-6-13-4-2-3-5-14(13)17/h2-7,12H,8-11H2,1H3,(H,18,20,21)/b7-6+. The minimum atomic E-state index is -0.224. The van der Waals surface area contributed by atoms with E-state index in [0.717, 1.165) is 37.4 Å². The Hall–Kier alpha value is -1.39. The number of nitrogens with one attached hydrogen (secondary N) is 1. The van der Waals surface area contributed by atoms with Gasteiger partial charge in [-0.2, -0.15) is 0 Å². The van der Waals surface area contributed by atoms with E-state index < -0.39 is 0 Å². The maximum absolute atomic E-state index is 11.9. The molecule has 1 aliphatic heterocycles. The van der Waals surface area contributed by atoms with E-state index in [0.29, 0.717) is 10.1 Å². The molecule has 0 atom stereocenters. The van der Waals surface area contributed by atoms with Crippen molar-refractivity contribution >= 4 is 40.9 Å². The molecule has 1 aromatic carbocycles. The van der Waals surface area contributed by atoms with Crippen molar-refractivity contribution in [2.45, 2.75) is 19.8 Å². The highest BCUT2D eigenvalue weighted by atomic mass is 35.5. The molecule has 1 heterocycles. The molecule has 5 heteroatoms. The van der Waals surface area contributed by atoms with Crippen molar-refractivity contribution < 1.29 is 4.79 Å². The Kier molecular flexibility index (Phi) is 5.76. The largest absolute Gasteiger partial charge is 0.349 e. The quantitative estimate of drug-likeness (QED) is 0.668. The molecule has 2 rings (SSSR count). The Labute approximate surface area is 136 Å². The molecule has 112 valence electrons. The van der Waals surface area contributed by atoms with Crippen LogP contribution in [0, 0.1) is 5.92 Å². The van der Waals surface area contributed by atoms with Crippen LogP contribution in [0.3, 0.4) is 0 Å². The zero-order valence-corrected chi connectivity index (χ0v) is 13.6. The van der Waals surface area contributed by atoms with Gasteiger partial charge in [0, 0.05) is 24.2 Å². The van der Waals surface area contributed by atoms with Gasteiger partial charge in [0.1, 0.15) is 0 Å². The topological polar surface area (TPSA) is 32.3 Å². The summed E-state index contributed by atoms with van der Waals surface area (Å²) < 4.78 is 0. The van der Waals surface area contributed by atoms with Crippen LogP contribution >= 0.6 is 23.8 Å². The highest BCUT2D eigenvalue weighted by Gasteiger charge is 2.18. The van der Waals surface area contributed by atoms with Crippen LogP contribution in [0.25, 0.3) is 6.08 Å². The molecule has 0 unspecified atom stereocenters. The molecule has 1 fully saturated rings. The first-order valence-corrected chi connectivity index (χ1v) is 7.87. The minimum Gasteiger partial charge on any atom is -0.349 e. The van der Waals surface area contributed by atoms with Crippen molar-refractivity contribution in [2.75, 3.05) is 13.1 Å². The van der Waals surface area contributed by atoms with Crippen LogP contribution in [-0.2, 0) is 4.79 Å². The molecule has 0 aromatic heterocycles. The second-order valence-electron chi connectivity index (χ2n) is 5.32. The maximum atomic E-state index is 11.9. The van der Waals surface area contributed by atoms with Crippen LogP contribution in [0.15, 0.2) is 30.3 Å². The number of amides is 1. The number of hydrogen-bond donors (Lipinski definition) is 1. The average Bonchev–Trinajstić information content (AvgIpc) is 2.47. The third-order valence-electron chi connectivity index (χ3n) is 3.62. The molecular formula is C16H19ClN2OS. The lowest BCUT2D eigenvalue weighted by atomic mass is 10.00. The number of piperidine rings is 1. The number of hydrogen-bond acceptors (Lipinski definition) is 2. The summed E-state index contributed by atoms with van der Waals surface area (Å²) in [7, 11) is 0. The average molecular weight is 323 g/mol. The molecule has 1 aromatic rings. The van der Waals surface area contributed by atoms with Gasteiger partial charge >= 0.3 is 0 Å². The van der Waals surface area contributed by atoms with E-state index >= 15 is 0 Å². The van der Waals surface area contributed by atoms with Gasteiger partial charge in [-0.05, 0) is 48.7 Å². The van der Waals surface area contributed by atoms with Gasteiger partial charge in [-0.25, -0.2) is 0 Å². The summed E-state index contributed by atoms with van der Waals surface area (Å²) in [6.07, 6.45) is 5.38. The first-order chi connectivity index (χ1) is 10.1. The molecule has 1 N–H and O–H groups in total. The Balaban J connectivity index is 1.87. The van der Waals surface area contributed by atoms with Crippen molar-refractivity contribution in [3.63, 3.8) is 0 Å². The lowest BCUT2D eigenvalue weighted by Gasteiger charge is -2.31. The molecular weight excluding hydrogens is 304 g/mol. The summed E-state index contributed by atoms with van der Waals surface area (Å²) in [4.78, 5) is 13.9. The predicted molar refractivity (Wildman–Crippen MR) is 91.2 cm³/mol. The third kappa shape index (κ3) is 4.83. The number of benzene rings is 1. The Morgan fingerprint density at radius 1 is 1.38 bits per heavy atom. The number of likely N-dealkylation sites (tertiary alicyclic amines) is 1. The normalized spacial score (nSPS) is 16.2. The van der Waals surface area contributed by atoms with E-state index in [9.17, 15) is 4.79 Å². The van der Waals surface area contributed by atoms with E-state index in [2.05, 4.69) is 17.1 Å². The van der Waals surface area contributed by atoms with Crippen LogP contribution in [0.5, 0.6) is 0 Å². The van der Waals surface area contributed by atoms with Crippen LogP contribution in [0.4, 0.5) is 0 Å². The second kappa shape index (κ2) is 7.57. The highest BCUT2D eigenvalue weighted by molar-refractivity contribution is 7.80. The van der Waals surface area contributed by atoms with Gasteiger partial charge in [-0.15, -0.1) is 0 Å². The number of carbonyl (C=O) groups is 1. The molecule has 1 saturated heterocycles. The Morgan fingerprint density at radius 2 is 2.05 bits per heavy atom. The summed E-state index contributed by atoms with van der Waals surface area (Å²) in [6.45, 7) is 4.06. The molecule has 0 bridgehead atoms. The summed E-state index contributed by atoms with van der Waals surface area (Å²) >= 11 is 11.3. The molecule has 3 nitrogen and oxygen atoms in total. The summed E-state index contributed by atoms with van der Waals surface area (Å²) in [5, 5.41) is 3.87. The van der Waals surface area contributed by atoms with E-state index in [-0.39, 0.29) is 5.91 Å². The number of rotatable bonds is 2. The minimum absolute atomic E-state index is 0.224. The van der Waals surface area contributed by atoms with Crippen molar-refractivity contribution in [3.8, 4) is 0 Å². The number of carbonyl (C=O) groups excluding carboxylic acids is 1. The molecule has 1 aliphatic rings. The zero-order valence-electron chi connectivity index (χ0n) is 12.0. The van der Waals surface area contributed by atoms with Crippen molar-refractivity contribution in [1.82, 2.24) is 10.2 Å². The molecule has 0 spiro atoms. The van der Waals surface area contributed by atoms with Crippen LogP contribution < -0.4 is 5.32 Å². The van der Waals surface area contributed by atoms with E-state index in [1.54, 1.807) is 12.1 Å². The van der Waals surface area contributed by atoms with E-state index in [4.69, 9.17) is 23.8 Å². The molecule has 0 radical (unpaired) electrons. The number of thiocarbonyl (C=S) groups is 1. The third-order valence-corrected chi connectivity index (χ3v) is 4.32. The Bertz CT molecular complexity index is 551. The van der Waals surface area contributed by atoms with Crippen molar-refractivity contribution in [2.24, 2.45) is 5.92 Å². The summed E-state index contributed by atoms with van der Waals surface area (Å²) in [5.74, 6) is 0.512. The predicted octanol–water partition coefficient (Wildman–Crippen LogP) is 3.49. The second-order valence-corrected chi connectivity index (χ2v) is 6.11. The Morgan fingerprint density at radius 3 is 2.71 bits per heavy atom. The maximum Gasteiger partial charge on any atom is 0.250 e. The van der Waals surface area contributed by atoms with Gasteiger partial charge in [0.2, 0.25) is 5.91 Å². The SMILES string of the molecule is CC1CCN(C(=S)NC(=O)/C=C/c2ccccc2Cl)CC1. The first kappa shape index (κ1) is 16.0. The summed E-state index contributed by atoms with van der Waals surface area (Å²) in [6, 6.07) is 7.38. The molecule has 0 aliphatic carbocycles. The smallest absolute Gasteiger partial charge is 0.250 e. The van der Waals surface area contributed by atoms with Gasteiger partial charge in [0.05, 0.1) is 0 Å². The van der Waals surface area contributed by atoms with Crippen LogP contribution in [0.1, 0.15) is 25.3 Å². The molecule has 0 saturated carbocycles. The van der Waals surface area contributed by atoms with Gasteiger partial charge in [-0.3, -0.25) is 10.1 Å². The van der Waals surface area contributed by atoms with Gasteiger partial charge < -0.3 is 4.90 Å². The molecule has 1 amide bonds. The first-order valence-electron chi connectivity index (χ1n) is 7.09. The lowest BCUT2D eigenvalue weighted by Crippen LogP contribution is -2.45. The summed E-state index contributed by atoms with van der Waals surface area (Å²) in [5.41, 5.74) is 0.812. The van der Waals surface area contributed by atoms with Crippen molar-refractivity contribution in [3.05, 3.63) is 40.9 Å². The fourth-order valence-corrected chi connectivity index (χ4v) is 2.70. The van der Waals surface area contributed by atoms with E-state index in [1.807, 2.05) is 18.2 Å². The van der Waals surface area contributed by atoms with E-state index in [1.165, 1.54) is 6.08 Å². The van der Waals surface area contributed by atoms with Gasteiger partial charge in [0.15, 0.2) is 5.11 Å². The van der Waals surface area contributed by atoms with Crippen molar-refractivity contribution in [1.29, 1.82) is 0 Å². The molecule has 21 heavy (non-hydrogen) atoms. The fraction of sp³-hybridized carbons (Fsp3) is 0.375. The number of nitrogens with zero attached hydrogens (tertiary/aromatic N) is 1. The van der Waals surface area contributed by atoms with Gasteiger partial charge in [0.25, 0.3) is 0 Å². The van der Waals surface area contributed by atoms with Crippen LogP contribution in [-0.4, -0.2) is 29.0 Å². The highest BCUT2D eigenvalue weighted by Crippen LogP contribution is 2.17. The number of halogens is 1.